The number of hydrogen-bond donors (Lipinski definition) is 1. The first-order valence-electron chi connectivity index (χ1n) is 12.1. The highest BCUT2D eigenvalue weighted by Gasteiger charge is 2.34. The highest BCUT2D eigenvalue weighted by Crippen LogP contribution is 2.40. The van der Waals surface area contributed by atoms with Crippen molar-refractivity contribution in [2.75, 3.05) is 13.2 Å². The number of esters is 1. The summed E-state index contributed by atoms with van der Waals surface area (Å²) in [5.74, 6) is -0.444. The first-order chi connectivity index (χ1) is 18.5. The summed E-state index contributed by atoms with van der Waals surface area (Å²) in [5.41, 5.74) is 1.96. The van der Waals surface area contributed by atoms with Crippen LogP contribution in [-0.2, 0) is 16.1 Å². The van der Waals surface area contributed by atoms with Gasteiger partial charge in [0.2, 0.25) is 0 Å². The van der Waals surface area contributed by atoms with E-state index in [0.717, 1.165) is 17.3 Å². The third kappa shape index (κ3) is 6.52. The summed E-state index contributed by atoms with van der Waals surface area (Å²) in [7, 11) is 0. The van der Waals surface area contributed by atoms with E-state index in [0.29, 0.717) is 40.7 Å². The minimum absolute atomic E-state index is 0.0777. The van der Waals surface area contributed by atoms with Crippen molar-refractivity contribution in [2.45, 2.75) is 20.5 Å². The van der Waals surface area contributed by atoms with Gasteiger partial charge in [-0.15, -0.1) is 0 Å². The minimum atomic E-state index is -0.750. The third-order valence-corrected chi connectivity index (χ3v) is 6.42. The van der Waals surface area contributed by atoms with Crippen LogP contribution in [0.5, 0.6) is 11.5 Å². The molecule has 3 aromatic carbocycles. The third-order valence-electron chi connectivity index (χ3n) is 5.40. The Hall–Kier alpha value is -4.30. The van der Waals surface area contributed by atoms with Crippen molar-refractivity contribution < 1.29 is 28.9 Å². The van der Waals surface area contributed by atoms with Crippen LogP contribution in [0.3, 0.4) is 0 Å². The zero-order chi connectivity index (χ0) is 26.9. The van der Waals surface area contributed by atoms with Gasteiger partial charge in [-0.3, -0.25) is 4.79 Å². The summed E-state index contributed by atoms with van der Waals surface area (Å²) in [5, 5.41) is 11.0. The Balaban J connectivity index is 1.63. The summed E-state index contributed by atoms with van der Waals surface area (Å²) >= 11 is 1.02. The summed E-state index contributed by atoms with van der Waals surface area (Å²) in [6, 6.07) is 23.7. The lowest BCUT2D eigenvalue weighted by atomic mass is 10.1. The minimum Gasteiger partial charge on any atom is -0.506 e. The average molecular weight is 530 g/mol. The smallest absolute Gasteiger partial charge is 0.344 e. The lowest BCUT2D eigenvalue weighted by Crippen LogP contribution is -2.14. The van der Waals surface area contributed by atoms with Crippen LogP contribution >= 0.6 is 11.8 Å². The van der Waals surface area contributed by atoms with E-state index in [9.17, 15) is 14.7 Å². The van der Waals surface area contributed by atoms with Crippen molar-refractivity contribution in [1.82, 2.24) is 0 Å². The normalized spacial score (nSPS) is 15.1. The topological polar surface area (TPSA) is 94.4 Å². The van der Waals surface area contributed by atoms with E-state index in [1.807, 2.05) is 43.3 Å². The van der Waals surface area contributed by atoms with Crippen molar-refractivity contribution in [3.8, 4) is 11.5 Å². The van der Waals surface area contributed by atoms with Gasteiger partial charge in [0.1, 0.15) is 23.0 Å². The van der Waals surface area contributed by atoms with Crippen LogP contribution < -0.4 is 9.47 Å². The molecule has 194 valence electrons. The van der Waals surface area contributed by atoms with Gasteiger partial charge >= 0.3 is 5.97 Å². The fraction of sp³-hybridized carbons (Fsp3) is 0.167. The first kappa shape index (κ1) is 26.8. The molecule has 0 spiro atoms. The predicted octanol–water partition coefficient (Wildman–Crippen LogP) is 6.37. The molecule has 1 N–H and O–H groups in total. The number of carbonyl (C=O) groups excluding carboxylic acids is 2. The van der Waals surface area contributed by atoms with Crippen molar-refractivity contribution in [3.63, 3.8) is 0 Å². The second-order valence-corrected chi connectivity index (χ2v) is 9.09. The van der Waals surface area contributed by atoms with Gasteiger partial charge in [0.05, 0.1) is 18.1 Å². The number of aliphatic imine (C=N–C) groups is 1. The maximum absolute atomic E-state index is 12.7. The second kappa shape index (κ2) is 12.8. The number of benzene rings is 3. The second-order valence-electron chi connectivity index (χ2n) is 8.06. The molecule has 1 aliphatic rings. The molecule has 0 aliphatic carbocycles. The van der Waals surface area contributed by atoms with Crippen LogP contribution in [0.25, 0.3) is 6.08 Å². The molecule has 7 nitrogen and oxygen atoms in total. The molecule has 1 aliphatic heterocycles. The van der Waals surface area contributed by atoms with Gasteiger partial charge in [0.25, 0.3) is 5.91 Å². The Kier molecular flexibility index (Phi) is 9.00. The molecule has 0 radical (unpaired) electrons. The first-order valence-corrected chi connectivity index (χ1v) is 12.9. The average Bonchev–Trinajstić information content (AvgIpc) is 3.23. The molecule has 0 unspecified atom stereocenters. The number of rotatable bonds is 9. The number of carbonyl (C=O) groups is 2. The van der Waals surface area contributed by atoms with Crippen molar-refractivity contribution >= 4 is 34.8 Å². The molecule has 0 bridgehead atoms. The molecule has 0 saturated heterocycles. The molecule has 0 aromatic heterocycles. The van der Waals surface area contributed by atoms with Crippen molar-refractivity contribution in [2.24, 2.45) is 4.99 Å². The van der Waals surface area contributed by atoms with Gasteiger partial charge in [-0.25, -0.2) is 9.79 Å². The van der Waals surface area contributed by atoms with Gasteiger partial charge in [-0.05, 0) is 55.3 Å². The number of ether oxygens (including phenoxy) is 3. The molecule has 3 aromatic rings. The van der Waals surface area contributed by atoms with E-state index in [2.05, 4.69) is 4.99 Å². The van der Waals surface area contributed by atoms with Crippen LogP contribution in [0.2, 0.25) is 0 Å². The highest BCUT2D eigenvalue weighted by molar-refractivity contribution is 8.18. The maximum Gasteiger partial charge on any atom is 0.344 e. The Morgan fingerprint density at radius 1 is 0.895 bits per heavy atom. The fourth-order valence-corrected chi connectivity index (χ4v) is 4.63. The summed E-state index contributed by atoms with van der Waals surface area (Å²) in [4.78, 5) is 29.8. The molecule has 38 heavy (non-hydrogen) atoms. The van der Waals surface area contributed by atoms with Gasteiger partial charge in [-0.1, -0.05) is 66.4 Å². The summed E-state index contributed by atoms with van der Waals surface area (Å²) in [6.07, 6.45) is 1.69. The number of thioether (sulfide) groups is 1. The quantitative estimate of drug-likeness (QED) is 0.322. The van der Waals surface area contributed by atoms with Crippen LogP contribution in [0.4, 0.5) is 0 Å². The highest BCUT2D eigenvalue weighted by atomic mass is 32.2. The molecule has 1 heterocycles. The Bertz CT molecular complexity index is 1400. The largest absolute Gasteiger partial charge is 0.506 e. The Morgan fingerprint density at radius 3 is 2.29 bits per heavy atom. The Labute approximate surface area is 225 Å². The monoisotopic (exact) mass is 529 g/mol. The van der Waals surface area contributed by atoms with E-state index < -0.39 is 11.9 Å². The molecule has 0 fully saturated rings. The van der Waals surface area contributed by atoms with E-state index in [1.165, 1.54) is 0 Å². The van der Waals surface area contributed by atoms with Crippen LogP contribution in [-0.4, -0.2) is 35.2 Å². The van der Waals surface area contributed by atoms with E-state index in [4.69, 9.17) is 14.2 Å². The number of aliphatic hydroxyl groups excluding tert-OH is 1. The van der Waals surface area contributed by atoms with Gasteiger partial charge < -0.3 is 19.3 Å². The molecule has 1 amide bonds. The summed E-state index contributed by atoms with van der Waals surface area (Å²) < 4.78 is 16.9. The van der Waals surface area contributed by atoms with E-state index in [-0.39, 0.29) is 23.0 Å². The zero-order valence-electron chi connectivity index (χ0n) is 21.0. The molecular weight excluding hydrogens is 502 g/mol. The van der Waals surface area contributed by atoms with Gasteiger partial charge in [0.15, 0.2) is 11.5 Å². The zero-order valence-corrected chi connectivity index (χ0v) is 21.9. The standard InChI is InChI=1S/C30H27NO6S/c1-3-35-24-17-21(15-16-23(24)37-19-20-11-7-5-8-12-20)18-25-27(32)26(30(34)36-4-2)29(38-25)31-28(33)22-13-9-6-10-14-22/h5-18,32H,3-4,19H2,1-2H3/b25-18-,31-29?. The lowest BCUT2D eigenvalue weighted by molar-refractivity contribution is -0.138. The van der Waals surface area contributed by atoms with Crippen molar-refractivity contribution in [1.29, 1.82) is 0 Å². The SMILES string of the molecule is CCOC(=O)C1=C(O)/C(=C/c2ccc(OCc3ccccc3)c(OCC)c2)SC1=NC(=O)c1ccccc1. The number of amides is 1. The molecular formula is C30H27NO6S. The van der Waals surface area contributed by atoms with Crippen LogP contribution in [0, 0.1) is 0 Å². The molecule has 0 saturated carbocycles. The van der Waals surface area contributed by atoms with Crippen molar-refractivity contribution in [3.05, 3.63) is 112 Å². The van der Waals surface area contributed by atoms with E-state index >= 15 is 0 Å². The van der Waals surface area contributed by atoms with Crippen LogP contribution in [0.1, 0.15) is 35.3 Å². The van der Waals surface area contributed by atoms with E-state index in [1.54, 1.807) is 55.5 Å². The van der Waals surface area contributed by atoms with Crippen LogP contribution in [0.15, 0.2) is 100 Å². The molecule has 8 heteroatoms. The maximum atomic E-state index is 12.7. The fourth-order valence-electron chi connectivity index (χ4n) is 3.62. The predicted molar refractivity (Wildman–Crippen MR) is 148 cm³/mol. The summed E-state index contributed by atoms with van der Waals surface area (Å²) in [6.45, 7) is 4.48. The number of nitrogens with zero attached hydrogens (tertiary/aromatic N) is 1. The lowest BCUT2D eigenvalue weighted by Gasteiger charge is -2.13. The number of hydrogen-bond acceptors (Lipinski definition) is 7. The van der Waals surface area contributed by atoms with Gasteiger partial charge in [-0.2, -0.15) is 0 Å². The molecule has 4 rings (SSSR count). The molecule has 0 atom stereocenters. The Morgan fingerprint density at radius 2 is 1.61 bits per heavy atom. The number of aliphatic hydroxyl groups is 1. The van der Waals surface area contributed by atoms with Gasteiger partial charge in [0, 0.05) is 5.56 Å².